The number of urea groups is 1. The molecule has 27 heavy (non-hydrogen) atoms. The fourth-order valence-corrected chi connectivity index (χ4v) is 5.94. The molecule has 0 spiro atoms. The molecule has 2 aliphatic rings. The van der Waals surface area contributed by atoms with Gasteiger partial charge in [-0.1, -0.05) is 18.6 Å². The van der Waals surface area contributed by atoms with E-state index in [-0.39, 0.29) is 42.0 Å². The number of hydrogen-bond acceptors (Lipinski definition) is 5. The normalized spacial score (nSPS) is 25.4. The minimum Gasteiger partial charge on any atom is -0.332 e. The molecule has 1 aromatic carbocycles. The van der Waals surface area contributed by atoms with Gasteiger partial charge in [0.25, 0.3) is 0 Å². The van der Waals surface area contributed by atoms with Crippen molar-refractivity contribution in [2.75, 3.05) is 11.1 Å². The summed E-state index contributed by atoms with van der Waals surface area (Å²) in [6.45, 7) is 1.46. The molecule has 2 fully saturated rings. The molecule has 0 radical (unpaired) electrons. The lowest BCUT2D eigenvalue weighted by Crippen LogP contribution is -2.39. The third-order valence-corrected chi connectivity index (χ3v) is 7.29. The fourth-order valence-electron chi connectivity index (χ4n) is 3.68. The first-order valence-corrected chi connectivity index (χ1v) is 10.7. The molecule has 2 heterocycles. The second-order valence-corrected chi connectivity index (χ2v) is 9.31. The van der Waals surface area contributed by atoms with Gasteiger partial charge in [-0.2, -0.15) is 0 Å². The van der Waals surface area contributed by atoms with Crippen molar-refractivity contribution in [3.8, 4) is 0 Å². The third kappa shape index (κ3) is 4.47. The summed E-state index contributed by atoms with van der Waals surface area (Å²) in [4.78, 5) is 34.8. The Morgan fingerprint density at radius 2 is 2.00 bits per heavy atom. The number of unbranched alkanes of at least 4 members (excludes halogenated alkanes) is 1. The van der Waals surface area contributed by atoms with E-state index in [4.69, 9.17) is 0 Å². The Balaban J connectivity index is 1.46. The SMILES string of the molecule is CC(=O)c1cccc(NC(=O)CCCC[C@@H]2[C@H]3NC(=O)N[C@@H]3CS2(=O)=O)c1. The predicted molar refractivity (Wildman–Crippen MR) is 100 cm³/mol. The fraction of sp³-hybridized carbons (Fsp3) is 0.500. The van der Waals surface area contributed by atoms with Crippen molar-refractivity contribution in [1.82, 2.24) is 10.6 Å². The van der Waals surface area contributed by atoms with Gasteiger partial charge in [0, 0.05) is 17.7 Å². The number of carbonyl (C=O) groups excluding carboxylic acids is 3. The minimum atomic E-state index is -3.24. The van der Waals surface area contributed by atoms with Gasteiger partial charge < -0.3 is 16.0 Å². The van der Waals surface area contributed by atoms with Crippen molar-refractivity contribution >= 4 is 33.2 Å². The monoisotopic (exact) mass is 393 g/mol. The maximum absolute atomic E-state index is 12.2. The third-order valence-electron chi connectivity index (χ3n) is 5.02. The smallest absolute Gasteiger partial charge is 0.315 e. The maximum atomic E-state index is 12.2. The molecule has 0 aliphatic carbocycles. The van der Waals surface area contributed by atoms with Crippen molar-refractivity contribution in [1.29, 1.82) is 0 Å². The highest BCUT2D eigenvalue weighted by molar-refractivity contribution is 7.92. The van der Waals surface area contributed by atoms with Gasteiger partial charge in [0.1, 0.15) is 0 Å². The lowest BCUT2D eigenvalue weighted by atomic mass is 10.0. The summed E-state index contributed by atoms with van der Waals surface area (Å²) in [7, 11) is -3.24. The molecule has 0 unspecified atom stereocenters. The second kappa shape index (κ2) is 7.67. The lowest BCUT2D eigenvalue weighted by molar-refractivity contribution is -0.116. The number of sulfone groups is 1. The number of Topliss-reactive ketones (excluding diaryl/α,β-unsaturated/α-hetero) is 1. The average Bonchev–Trinajstić information content (AvgIpc) is 3.03. The van der Waals surface area contributed by atoms with Crippen LogP contribution in [0.15, 0.2) is 24.3 Å². The first kappa shape index (κ1) is 19.3. The molecular weight excluding hydrogens is 370 g/mol. The molecule has 146 valence electrons. The number of fused-ring (bicyclic) bond motifs is 1. The van der Waals surface area contributed by atoms with Gasteiger partial charge in [0.2, 0.25) is 5.91 Å². The van der Waals surface area contributed by atoms with E-state index < -0.39 is 15.1 Å². The van der Waals surface area contributed by atoms with Crippen LogP contribution in [0.1, 0.15) is 43.0 Å². The highest BCUT2D eigenvalue weighted by Crippen LogP contribution is 2.28. The van der Waals surface area contributed by atoms with Gasteiger partial charge in [-0.05, 0) is 31.9 Å². The van der Waals surface area contributed by atoms with Gasteiger partial charge in [-0.15, -0.1) is 0 Å². The molecule has 0 saturated carbocycles. The summed E-state index contributed by atoms with van der Waals surface area (Å²) in [6.07, 6.45) is 1.79. The molecule has 0 bridgehead atoms. The molecule has 3 rings (SSSR count). The summed E-state index contributed by atoms with van der Waals surface area (Å²) in [6, 6.07) is 5.67. The molecule has 3 atom stereocenters. The van der Waals surface area contributed by atoms with Gasteiger partial charge in [-0.25, -0.2) is 13.2 Å². The van der Waals surface area contributed by atoms with Crippen LogP contribution in [-0.2, 0) is 14.6 Å². The van der Waals surface area contributed by atoms with Crippen molar-refractivity contribution < 1.29 is 22.8 Å². The van der Waals surface area contributed by atoms with Crippen LogP contribution in [0, 0.1) is 0 Å². The van der Waals surface area contributed by atoms with Gasteiger partial charge in [0.15, 0.2) is 15.6 Å². The Bertz CT molecular complexity index is 868. The largest absolute Gasteiger partial charge is 0.332 e. The molecular formula is C18H23N3O5S. The molecule has 0 aromatic heterocycles. The molecule has 2 aliphatic heterocycles. The van der Waals surface area contributed by atoms with Crippen LogP contribution >= 0.6 is 0 Å². The Morgan fingerprint density at radius 3 is 2.74 bits per heavy atom. The van der Waals surface area contributed by atoms with Crippen LogP contribution in [-0.4, -0.2) is 49.2 Å². The summed E-state index contributed by atoms with van der Waals surface area (Å²) < 4.78 is 24.5. The molecule has 2 saturated heterocycles. The van der Waals surface area contributed by atoms with Crippen molar-refractivity contribution in [3.05, 3.63) is 29.8 Å². The average molecular weight is 393 g/mol. The van der Waals surface area contributed by atoms with Crippen LogP contribution in [0.4, 0.5) is 10.5 Å². The molecule has 9 heteroatoms. The summed E-state index contributed by atoms with van der Waals surface area (Å²) in [5, 5.41) is 7.46. The Hall–Kier alpha value is -2.42. The van der Waals surface area contributed by atoms with E-state index in [2.05, 4.69) is 16.0 Å². The van der Waals surface area contributed by atoms with Crippen LogP contribution in [0.5, 0.6) is 0 Å². The number of benzene rings is 1. The Morgan fingerprint density at radius 1 is 1.22 bits per heavy atom. The molecule has 3 amide bonds. The Kier molecular flexibility index (Phi) is 5.50. The van der Waals surface area contributed by atoms with E-state index in [9.17, 15) is 22.8 Å². The zero-order valence-electron chi connectivity index (χ0n) is 15.0. The highest BCUT2D eigenvalue weighted by atomic mass is 32.2. The van der Waals surface area contributed by atoms with Crippen molar-refractivity contribution in [2.45, 2.75) is 49.9 Å². The van der Waals surface area contributed by atoms with Crippen LogP contribution in [0.2, 0.25) is 0 Å². The summed E-state index contributed by atoms with van der Waals surface area (Å²) in [5.41, 5.74) is 1.09. The number of carbonyl (C=O) groups is 3. The lowest BCUT2D eigenvalue weighted by Gasteiger charge is -2.16. The predicted octanol–water partition coefficient (Wildman–Crippen LogP) is 1.24. The topological polar surface area (TPSA) is 121 Å². The quantitative estimate of drug-likeness (QED) is 0.365. The first-order chi connectivity index (χ1) is 12.8. The number of ketones is 1. The van der Waals surface area contributed by atoms with Gasteiger partial charge >= 0.3 is 6.03 Å². The molecule has 1 aromatic rings. The number of anilines is 1. The summed E-state index contributed by atoms with van der Waals surface area (Å²) >= 11 is 0. The van der Waals surface area contributed by atoms with E-state index in [1.54, 1.807) is 24.3 Å². The van der Waals surface area contributed by atoms with Gasteiger partial charge in [0.05, 0.1) is 23.1 Å². The first-order valence-electron chi connectivity index (χ1n) is 8.96. The standard InChI is InChI=1S/C18H23N3O5S/c1-11(22)12-5-4-6-13(9-12)19-16(23)8-3-2-7-15-17-14(10-27(15,25)26)20-18(24)21-17/h4-6,9,14-15,17H,2-3,7-8,10H2,1H3,(H,19,23)(H2,20,21,24)/t14-,15-,17+/m1/s1. The number of amides is 3. The second-order valence-electron chi connectivity index (χ2n) is 7.05. The van der Waals surface area contributed by atoms with E-state index in [1.165, 1.54) is 6.92 Å². The number of rotatable bonds is 7. The van der Waals surface area contributed by atoms with Crippen LogP contribution in [0.3, 0.4) is 0 Å². The van der Waals surface area contributed by atoms with Crippen molar-refractivity contribution in [2.24, 2.45) is 0 Å². The minimum absolute atomic E-state index is 0.0337. The summed E-state index contributed by atoms with van der Waals surface area (Å²) in [5.74, 6) is -0.289. The molecule has 8 nitrogen and oxygen atoms in total. The zero-order chi connectivity index (χ0) is 19.6. The van der Waals surface area contributed by atoms with Crippen molar-refractivity contribution in [3.63, 3.8) is 0 Å². The van der Waals surface area contributed by atoms with E-state index in [0.717, 1.165) is 0 Å². The molecule has 3 N–H and O–H groups in total. The van der Waals surface area contributed by atoms with E-state index in [1.807, 2.05) is 0 Å². The van der Waals surface area contributed by atoms with Crippen LogP contribution in [0.25, 0.3) is 0 Å². The highest BCUT2D eigenvalue weighted by Gasteiger charge is 2.51. The zero-order valence-corrected chi connectivity index (χ0v) is 15.8. The van der Waals surface area contributed by atoms with E-state index >= 15 is 0 Å². The van der Waals surface area contributed by atoms with Crippen LogP contribution < -0.4 is 16.0 Å². The maximum Gasteiger partial charge on any atom is 0.315 e. The Labute approximate surface area is 158 Å². The number of nitrogens with one attached hydrogen (secondary N) is 3. The number of hydrogen-bond donors (Lipinski definition) is 3. The van der Waals surface area contributed by atoms with E-state index in [0.29, 0.717) is 30.5 Å². The van der Waals surface area contributed by atoms with Gasteiger partial charge in [-0.3, -0.25) is 9.59 Å².